The normalized spacial score (nSPS) is 21.7. The zero-order valence-electron chi connectivity index (χ0n) is 12.6. The molecule has 128 valence electrons. The lowest BCUT2D eigenvalue weighted by Crippen LogP contribution is -2.53. The molecule has 0 saturated heterocycles. The third-order valence-electron chi connectivity index (χ3n) is 3.63. The van der Waals surface area contributed by atoms with E-state index >= 15 is 0 Å². The van der Waals surface area contributed by atoms with E-state index in [0.29, 0.717) is 22.2 Å². The van der Waals surface area contributed by atoms with Gasteiger partial charge < -0.3 is 10.6 Å². The monoisotopic (exact) mass is 379 g/mol. The molecule has 0 radical (unpaired) electrons. The van der Waals surface area contributed by atoms with Crippen molar-refractivity contribution in [3.8, 4) is 0 Å². The van der Waals surface area contributed by atoms with E-state index in [9.17, 15) is 13.2 Å². The van der Waals surface area contributed by atoms with Crippen LogP contribution < -0.4 is 15.4 Å². The summed E-state index contributed by atoms with van der Waals surface area (Å²) in [5, 5.41) is 6.24. The van der Waals surface area contributed by atoms with Crippen LogP contribution in [0.1, 0.15) is 25.7 Å². The molecular weight excluding hydrogens is 361 g/mol. The van der Waals surface area contributed by atoms with Crippen LogP contribution >= 0.6 is 23.2 Å². The van der Waals surface area contributed by atoms with E-state index in [1.807, 2.05) is 0 Å². The number of anilines is 1. The summed E-state index contributed by atoms with van der Waals surface area (Å²) in [6, 6.07) is 3.83. The Morgan fingerprint density at radius 3 is 2.39 bits per heavy atom. The third-order valence-corrected chi connectivity index (χ3v) is 5.10. The van der Waals surface area contributed by atoms with Crippen LogP contribution in [0, 0.1) is 0 Å². The molecule has 6 nitrogen and oxygen atoms in total. The van der Waals surface area contributed by atoms with Crippen LogP contribution in [0.2, 0.25) is 10.0 Å². The number of hydrogen-bond donors (Lipinski definition) is 3. The molecule has 1 aliphatic carbocycles. The van der Waals surface area contributed by atoms with Crippen LogP contribution in [0.5, 0.6) is 0 Å². The molecule has 3 N–H and O–H groups in total. The summed E-state index contributed by atoms with van der Waals surface area (Å²) in [7, 11) is -3.32. The highest BCUT2D eigenvalue weighted by molar-refractivity contribution is 7.88. The van der Waals surface area contributed by atoms with Gasteiger partial charge in [0.2, 0.25) is 10.0 Å². The van der Waals surface area contributed by atoms with E-state index in [0.717, 1.165) is 25.5 Å². The molecule has 1 fully saturated rings. The smallest absolute Gasteiger partial charge is 0.319 e. The first-order chi connectivity index (χ1) is 10.7. The maximum atomic E-state index is 12.1. The Balaban J connectivity index is 1.98. The van der Waals surface area contributed by atoms with Crippen molar-refractivity contribution in [2.75, 3.05) is 11.6 Å². The number of sulfonamides is 1. The molecule has 23 heavy (non-hydrogen) atoms. The minimum Gasteiger partial charge on any atom is -0.334 e. The van der Waals surface area contributed by atoms with Crippen LogP contribution in [0.15, 0.2) is 18.2 Å². The van der Waals surface area contributed by atoms with Gasteiger partial charge in [0.15, 0.2) is 0 Å². The maximum absolute atomic E-state index is 12.1. The second-order valence-corrected chi connectivity index (χ2v) is 8.21. The minimum absolute atomic E-state index is 0.249. The predicted molar refractivity (Wildman–Crippen MR) is 92.6 cm³/mol. The summed E-state index contributed by atoms with van der Waals surface area (Å²) >= 11 is 11.7. The first kappa shape index (κ1) is 18.3. The van der Waals surface area contributed by atoms with Crippen molar-refractivity contribution in [1.29, 1.82) is 0 Å². The number of amides is 2. The number of urea groups is 1. The van der Waals surface area contributed by atoms with Crippen LogP contribution in [-0.2, 0) is 10.0 Å². The third kappa shape index (κ3) is 5.84. The van der Waals surface area contributed by atoms with E-state index < -0.39 is 16.1 Å². The first-order valence-corrected chi connectivity index (χ1v) is 9.89. The topological polar surface area (TPSA) is 87.3 Å². The molecule has 1 aliphatic rings. The first-order valence-electron chi connectivity index (χ1n) is 7.24. The average molecular weight is 380 g/mol. The summed E-state index contributed by atoms with van der Waals surface area (Å²) in [6.07, 6.45) is 4.42. The van der Waals surface area contributed by atoms with Gasteiger partial charge in [-0.25, -0.2) is 17.9 Å². The van der Waals surface area contributed by atoms with Gasteiger partial charge in [-0.15, -0.1) is 0 Å². The number of carbonyl (C=O) groups is 1. The lowest BCUT2D eigenvalue weighted by atomic mass is 9.91. The molecule has 1 aromatic carbocycles. The minimum atomic E-state index is -3.32. The predicted octanol–water partition coefficient (Wildman–Crippen LogP) is 2.98. The van der Waals surface area contributed by atoms with Crippen molar-refractivity contribution in [2.45, 2.75) is 37.8 Å². The molecule has 1 saturated carbocycles. The SMILES string of the molecule is CS(=O)(=O)N[C@@H]1CCCC[C@@H]1NC(=O)Nc1ccc(Cl)c(Cl)c1. The molecule has 0 aromatic heterocycles. The molecule has 0 spiro atoms. The summed E-state index contributed by atoms with van der Waals surface area (Å²) < 4.78 is 25.4. The number of halogens is 2. The van der Waals surface area contributed by atoms with Gasteiger partial charge in [-0.05, 0) is 31.0 Å². The molecule has 0 bridgehead atoms. The van der Waals surface area contributed by atoms with Gasteiger partial charge in [0.25, 0.3) is 0 Å². The summed E-state index contributed by atoms with van der Waals surface area (Å²) in [4.78, 5) is 12.1. The van der Waals surface area contributed by atoms with Crippen LogP contribution in [-0.4, -0.2) is 32.8 Å². The fourth-order valence-electron chi connectivity index (χ4n) is 2.63. The van der Waals surface area contributed by atoms with Crippen molar-refractivity contribution in [3.05, 3.63) is 28.2 Å². The second-order valence-electron chi connectivity index (χ2n) is 5.61. The molecule has 0 aliphatic heterocycles. The molecule has 0 heterocycles. The van der Waals surface area contributed by atoms with Crippen molar-refractivity contribution >= 4 is 44.9 Å². The van der Waals surface area contributed by atoms with Crippen LogP contribution in [0.25, 0.3) is 0 Å². The summed E-state index contributed by atoms with van der Waals surface area (Å²) in [6.45, 7) is 0. The Bertz CT molecular complexity index is 682. The fourth-order valence-corrected chi connectivity index (χ4v) is 3.76. The summed E-state index contributed by atoms with van der Waals surface area (Å²) in [5.74, 6) is 0. The quantitative estimate of drug-likeness (QED) is 0.751. The summed E-state index contributed by atoms with van der Waals surface area (Å²) in [5.41, 5.74) is 0.514. The van der Waals surface area contributed by atoms with Gasteiger partial charge in [0.05, 0.1) is 16.3 Å². The molecule has 1 aromatic rings. The second kappa shape index (κ2) is 7.70. The number of rotatable bonds is 4. The van der Waals surface area contributed by atoms with Gasteiger partial charge in [0.1, 0.15) is 0 Å². The largest absolute Gasteiger partial charge is 0.334 e. The average Bonchev–Trinajstić information content (AvgIpc) is 2.43. The molecule has 9 heteroatoms. The van der Waals surface area contributed by atoms with E-state index in [-0.39, 0.29) is 12.1 Å². The molecule has 2 amide bonds. The number of hydrogen-bond acceptors (Lipinski definition) is 3. The van der Waals surface area contributed by atoms with Crippen molar-refractivity contribution in [3.63, 3.8) is 0 Å². The molecule has 2 atom stereocenters. The van der Waals surface area contributed by atoms with Gasteiger partial charge in [-0.2, -0.15) is 0 Å². The van der Waals surface area contributed by atoms with E-state index in [1.54, 1.807) is 18.2 Å². The van der Waals surface area contributed by atoms with Gasteiger partial charge in [-0.3, -0.25) is 0 Å². The highest BCUT2D eigenvalue weighted by Gasteiger charge is 2.28. The number of carbonyl (C=O) groups excluding carboxylic acids is 1. The number of nitrogens with one attached hydrogen (secondary N) is 3. The zero-order chi connectivity index (χ0) is 17.0. The van der Waals surface area contributed by atoms with Crippen molar-refractivity contribution in [1.82, 2.24) is 10.0 Å². The highest BCUT2D eigenvalue weighted by atomic mass is 35.5. The standard InChI is InChI=1S/C14H19Cl2N3O3S/c1-23(21,22)19-13-5-3-2-4-12(13)18-14(20)17-9-6-7-10(15)11(16)8-9/h6-8,12-13,19H,2-5H2,1H3,(H2,17,18,20)/t12-,13+/m0/s1. The van der Waals surface area contributed by atoms with Crippen molar-refractivity contribution in [2.24, 2.45) is 0 Å². The Morgan fingerprint density at radius 2 is 1.78 bits per heavy atom. The fraction of sp³-hybridized carbons (Fsp3) is 0.500. The van der Waals surface area contributed by atoms with E-state index in [1.165, 1.54) is 0 Å². The maximum Gasteiger partial charge on any atom is 0.319 e. The lowest BCUT2D eigenvalue weighted by molar-refractivity contribution is 0.238. The van der Waals surface area contributed by atoms with E-state index in [2.05, 4.69) is 15.4 Å². The lowest BCUT2D eigenvalue weighted by Gasteiger charge is -2.32. The Labute approximate surface area is 146 Å². The van der Waals surface area contributed by atoms with Gasteiger partial charge in [-0.1, -0.05) is 36.0 Å². The zero-order valence-corrected chi connectivity index (χ0v) is 14.9. The molecule has 0 unspecified atom stereocenters. The van der Waals surface area contributed by atoms with E-state index in [4.69, 9.17) is 23.2 Å². The van der Waals surface area contributed by atoms with Crippen LogP contribution in [0.3, 0.4) is 0 Å². The number of benzene rings is 1. The van der Waals surface area contributed by atoms with Gasteiger partial charge >= 0.3 is 6.03 Å². The Morgan fingerprint density at radius 1 is 1.13 bits per heavy atom. The highest BCUT2D eigenvalue weighted by Crippen LogP contribution is 2.25. The van der Waals surface area contributed by atoms with Crippen LogP contribution in [0.4, 0.5) is 10.5 Å². The van der Waals surface area contributed by atoms with Gasteiger partial charge in [0, 0.05) is 17.8 Å². The molecule has 2 rings (SSSR count). The Hall–Kier alpha value is -1.02. The molecular formula is C14H19Cl2N3O3S. The van der Waals surface area contributed by atoms with Crippen molar-refractivity contribution < 1.29 is 13.2 Å². The Kier molecular flexibility index (Phi) is 6.13.